The lowest BCUT2D eigenvalue weighted by atomic mass is 10.3. The van der Waals surface area contributed by atoms with Crippen LogP contribution in [0.25, 0.3) is 0 Å². The average molecular weight is 403 g/mol. The zero-order valence-corrected chi connectivity index (χ0v) is 15.4. The second-order valence-electron chi connectivity index (χ2n) is 5.45. The maximum absolute atomic E-state index is 13.5. The predicted molar refractivity (Wildman–Crippen MR) is 102 cm³/mol. The second kappa shape index (κ2) is 9.04. The zero-order valence-electron chi connectivity index (χ0n) is 14.6. The molecule has 0 radical (unpaired) electrons. The van der Waals surface area contributed by atoms with Gasteiger partial charge in [-0.1, -0.05) is 17.8 Å². The summed E-state index contributed by atoms with van der Waals surface area (Å²) < 4.78 is 26.6. The van der Waals surface area contributed by atoms with Crippen LogP contribution in [0.4, 0.5) is 20.4 Å². The van der Waals surface area contributed by atoms with Gasteiger partial charge in [0.2, 0.25) is 17.0 Å². The quantitative estimate of drug-likeness (QED) is 0.318. The fourth-order valence-electron chi connectivity index (χ4n) is 2.04. The third-order valence-corrected chi connectivity index (χ3v) is 4.21. The molecule has 8 nitrogen and oxygen atoms in total. The number of H-pyrrole nitrogens is 1. The first-order valence-electron chi connectivity index (χ1n) is 8.03. The van der Waals surface area contributed by atoms with Crippen LogP contribution in [0, 0.1) is 11.6 Å². The molecule has 0 unspecified atom stereocenters. The molecule has 2 heterocycles. The van der Waals surface area contributed by atoms with Gasteiger partial charge in [0.05, 0.1) is 22.8 Å². The van der Waals surface area contributed by atoms with Gasteiger partial charge in [0.1, 0.15) is 11.6 Å². The number of nitrogens with zero attached hydrogens (tertiary/aromatic N) is 4. The summed E-state index contributed by atoms with van der Waals surface area (Å²) in [4.78, 5) is 20.2. The SMILES string of the molecule is C/C(=N\Nc1nc(SCC(=O)Nc2cc(F)ccc2F)n[nH]1)c1ccccn1. The van der Waals surface area contributed by atoms with E-state index in [2.05, 4.69) is 36.0 Å². The number of aromatic nitrogens is 4. The van der Waals surface area contributed by atoms with Gasteiger partial charge in [0.25, 0.3) is 0 Å². The summed E-state index contributed by atoms with van der Waals surface area (Å²) in [6.07, 6.45) is 1.66. The summed E-state index contributed by atoms with van der Waals surface area (Å²) in [7, 11) is 0. The highest BCUT2D eigenvalue weighted by atomic mass is 32.2. The number of anilines is 2. The topological polar surface area (TPSA) is 108 Å². The van der Waals surface area contributed by atoms with Gasteiger partial charge in [-0.15, -0.1) is 5.10 Å². The Morgan fingerprint density at radius 3 is 2.93 bits per heavy atom. The first-order chi connectivity index (χ1) is 13.5. The molecule has 0 spiro atoms. The number of carbonyl (C=O) groups is 1. The smallest absolute Gasteiger partial charge is 0.240 e. The maximum atomic E-state index is 13.5. The minimum absolute atomic E-state index is 0.0799. The summed E-state index contributed by atoms with van der Waals surface area (Å²) in [6.45, 7) is 1.79. The lowest BCUT2D eigenvalue weighted by Gasteiger charge is -2.05. The van der Waals surface area contributed by atoms with Crippen molar-refractivity contribution < 1.29 is 13.6 Å². The van der Waals surface area contributed by atoms with Crippen molar-refractivity contribution in [1.29, 1.82) is 0 Å². The molecule has 28 heavy (non-hydrogen) atoms. The number of pyridine rings is 1. The average Bonchev–Trinajstić information content (AvgIpc) is 3.16. The Bertz CT molecular complexity index is 994. The second-order valence-corrected chi connectivity index (χ2v) is 6.39. The molecule has 0 aliphatic heterocycles. The van der Waals surface area contributed by atoms with Crippen LogP contribution >= 0.6 is 11.8 Å². The minimum Gasteiger partial charge on any atom is -0.323 e. The Morgan fingerprint density at radius 1 is 1.29 bits per heavy atom. The van der Waals surface area contributed by atoms with Crippen molar-refractivity contribution in [3.63, 3.8) is 0 Å². The number of hydrogen-bond donors (Lipinski definition) is 3. The molecule has 11 heteroatoms. The Balaban J connectivity index is 1.52. The predicted octanol–water partition coefficient (Wildman–Crippen LogP) is 3.04. The molecule has 3 aromatic rings. The Labute approximate surface area is 162 Å². The van der Waals surface area contributed by atoms with Crippen molar-refractivity contribution in [1.82, 2.24) is 20.2 Å². The molecule has 0 fully saturated rings. The monoisotopic (exact) mass is 403 g/mol. The number of aromatic amines is 1. The standard InChI is InChI=1S/C17H15F2N7OS/c1-10(13-4-2-3-7-20-13)23-24-16-22-17(26-25-16)28-9-15(27)21-14-8-11(18)5-6-12(14)19/h2-8H,9H2,1H3,(H,21,27)(H2,22,24,25,26)/b23-10+. The molecule has 1 amide bonds. The zero-order chi connectivity index (χ0) is 19.9. The summed E-state index contributed by atoms with van der Waals surface area (Å²) in [6, 6.07) is 8.31. The van der Waals surface area contributed by atoms with Gasteiger partial charge in [-0.2, -0.15) is 10.1 Å². The summed E-state index contributed by atoms with van der Waals surface area (Å²) in [5.74, 6) is -1.67. The van der Waals surface area contributed by atoms with E-state index < -0.39 is 17.5 Å². The molecule has 0 aliphatic rings. The van der Waals surface area contributed by atoms with E-state index >= 15 is 0 Å². The molecule has 0 bridgehead atoms. The Morgan fingerprint density at radius 2 is 2.14 bits per heavy atom. The van der Waals surface area contributed by atoms with Crippen LogP contribution in [0.15, 0.2) is 52.9 Å². The molecule has 144 valence electrons. The Hall–Kier alpha value is -3.34. The molecule has 3 rings (SSSR count). The van der Waals surface area contributed by atoms with Crippen molar-refractivity contribution in [2.75, 3.05) is 16.5 Å². The molecule has 0 atom stereocenters. The number of halogens is 2. The van der Waals surface area contributed by atoms with Crippen LogP contribution in [0.2, 0.25) is 0 Å². The van der Waals surface area contributed by atoms with E-state index in [1.54, 1.807) is 13.1 Å². The lowest BCUT2D eigenvalue weighted by Crippen LogP contribution is -2.15. The molecular weight excluding hydrogens is 388 g/mol. The molecular formula is C17H15F2N7OS. The maximum Gasteiger partial charge on any atom is 0.240 e. The lowest BCUT2D eigenvalue weighted by molar-refractivity contribution is -0.113. The largest absolute Gasteiger partial charge is 0.323 e. The number of rotatable bonds is 7. The van der Waals surface area contributed by atoms with Gasteiger partial charge in [-0.05, 0) is 31.2 Å². The molecule has 0 saturated heterocycles. The third kappa shape index (κ3) is 5.33. The van der Waals surface area contributed by atoms with Crippen molar-refractivity contribution in [2.24, 2.45) is 5.10 Å². The molecule has 2 aromatic heterocycles. The summed E-state index contributed by atoms with van der Waals surface area (Å²) in [5, 5.41) is 13.3. The fourth-order valence-corrected chi connectivity index (χ4v) is 2.64. The van der Waals surface area contributed by atoms with E-state index in [0.29, 0.717) is 16.6 Å². The first kappa shape index (κ1) is 19.4. The van der Waals surface area contributed by atoms with Crippen LogP contribution in [0.1, 0.15) is 12.6 Å². The van der Waals surface area contributed by atoms with Gasteiger partial charge >= 0.3 is 0 Å². The Kier molecular flexibility index (Phi) is 6.27. The number of benzene rings is 1. The fraction of sp³-hybridized carbons (Fsp3) is 0.118. The first-order valence-corrected chi connectivity index (χ1v) is 9.01. The third-order valence-electron chi connectivity index (χ3n) is 3.36. The van der Waals surface area contributed by atoms with Gasteiger partial charge in [-0.25, -0.2) is 19.3 Å². The van der Waals surface area contributed by atoms with E-state index in [1.165, 1.54) is 0 Å². The van der Waals surface area contributed by atoms with E-state index in [4.69, 9.17) is 0 Å². The highest BCUT2D eigenvalue weighted by Crippen LogP contribution is 2.18. The van der Waals surface area contributed by atoms with Crippen molar-refractivity contribution in [3.8, 4) is 0 Å². The van der Waals surface area contributed by atoms with Crippen molar-refractivity contribution in [2.45, 2.75) is 12.1 Å². The number of amides is 1. The van der Waals surface area contributed by atoms with Crippen LogP contribution in [0.5, 0.6) is 0 Å². The van der Waals surface area contributed by atoms with Crippen LogP contribution < -0.4 is 10.7 Å². The highest BCUT2D eigenvalue weighted by molar-refractivity contribution is 7.99. The molecule has 0 saturated carbocycles. The van der Waals surface area contributed by atoms with E-state index in [-0.39, 0.29) is 17.4 Å². The highest BCUT2D eigenvalue weighted by Gasteiger charge is 2.11. The van der Waals surface area contributed by atoms with E-state index in [0.717, 1.165) is 30.0 Å². The van der Waals surface area contributed by atoms with E-state index in [1.807, 2.05) is 18.2 Å². The molecule has 0 aliphatic carbocycles. The van der Waals surface area contributed by atoms with Gasteiger partial charge < -0.3 is 5.32 Å². The molecule has 1 aromatic carbocycles. The number of hydrogen-bond acceptors (Lipinski definition) is 7. The van der Waals surface area contributed by atoms with Gasteiger partial charge in [0, 0.05) is 12.3 Å². The van der Waals surface area contributed by atoms with Crippen LogP contribution in [-0.4, -0.2) is 37.5 Å². The van der Waals surface area contributed by atoms with Gasteiger partial charge in [0.15, 0.2) is 0 Å². The number of thioether (sulfide) groups is 1. The number of hydrazone groups is 1. The van der Waals surface area contributed by atoms with E-state index in [9.17, 15) is 13.6 Å². The summed E-state index contributed by atoms with van der Waals surface area (Å²) >= 11 is 1.03. The van der Waals surface area contributed by atoms with Crippen molar-refractivity contribution in [3.05, 3.63) is 59.9 Å². The summed E-state index contributed by atoms with van der Waals surface area (Å²) in [5.41, 5.74) is 3.87. The van der Waals surface area contributed by atoms with Crippen molar-refractivity contribution >= 4 is 35.0 Å². The number of nitrogens with one attached hydrogen (secondary N) is 3. The normalized spacial score (nSPS) is 11.3. The van der Waals surface area contributed by atoms with Crippen LogP contribution in [-0.2, 0) is 4.79 Å². The van der Waals surface area contributed by atoms with Gasteiger partial charge in [-0.3, -0.25) is 9.78 Å². The molecule has 3 N–H and O–H groups in total. The van der Waals surface area contributed by atoms with Crippen LogP contribution in [0.3, 0.4) is 0 Å². The number of carbonyl (C=O) groups excluding carboxylic acids is 1. The minimum atomic E-state index is -0.717.